The molecule has 8 heteroatoms. The van der Waals surface area contributed by atoms with E-state index in [1.54, 1.807) is 30.2 Å². The van der Waals surface area contributed by atoms with Crippen LogP contribution in [-0.4, -0.2) is 54.1 Å². The van der Waals surface area contributed by atoms with Crippen molar-refractivity contribution in [2.24, 2.45) is 0 Å². The first kappa shape index (κ1) is 17.9. The Morgan fingerprint density at radius 1 is 1.42 bits per heavy atom. The van der Waals surface area contributed by atoms with Crippen molar-refractivity contribution in [1.29, 1.82) is 0 Å². The first-order valence-corrected chi connectivity index (χ1v) is 8.43. The Morgan fingerprint density at radius 3 is 2.81 bits per heavy atom. The first-order chi connectivity index (χ1) is 12.6. The highest BCUT2D eigenvalue weighted by molar-refractivity contribution is 5.91. The van der Waals surface area contributed by atoms with E-state index in [9.17, 15) is 9.59 Å². The monoisotopic (exact) mass is 358 g/mol. The number of carbonyl (C=O) groups is 1. The number of piperazine rings is 1. The highest BCUT2D eigenvalue weighted by Gasteiger charge is 2.25. The number of aromatic nitrogens is 2. The van der Waals surface area contributed by atoms with Gasteiger partial charge in [-0.25, -0.2) is 4.98 Å². The average Bonchev–Trinajstić information content (AvgIpc) is 3.19. The standard InChI is InChI=1S/C18H22N4O4/c1-3-5-13-14(12-25-2)19-18(20-16(13)23)22-9-7-21(8-10-22)17(24)15-6-4-11-26-15/h3-4,6,11H,1,5,7-10,12H2,2H3,(H,19,20,23). The van der Waals surface area contributed by atoms with Gasteiger partial charge in [0.25, 0.3) is 11.5 Å². The fraction of sp³-hybridized carbons (Fsp3) is 0.389. The normalized spacial score (nSPS) is 14.5. The van der Waals surface area contributed by atoms with Crippen LogP contribution in [0.15, 0.2) is 40.3 Å². The van der Waals surface area contributed by atoms with Gasteiger partial charge in [0.05, 0.1) is 18.6 Å². The molecular formula is C18H22N4O4. The van der Waals surface area contributed by atoms with E-state index in [-0.39, 0.29) is 18.1 Å². The van der Waals surface area contributed by atoms with Gasteiger partial charge < -0.3 is 19.0 Å². The predicted molar refractivity (Wildman–Crippen MR) is 96.3 cm³/mol. The number of nitrogens with zero attached hydrogens (tertiary/aromatic N) is 3. The number of allylic oxidation sites excluding steroid dienone is 1. The van der Waals surface area contributed by atoms with Gasteiger partial charge in [0.1, 0.15) is 0 Å². The molecule has 8 nitrogen and oxygen atoms in total. The number of ether oxygens (including phenoxy) is 1. The molecule has 1 saturated heterocycles. The molecule has 2 aromatic rings. The van der Waals surface area contributed by atoms with Crippen molar-refractivity contribution >= 4 is 11.9 Å². The van der Waals surface area contributed by atoms with E-state index < -0.39 is 0 Å². The summed E-state index contributed by atoms with van der Waals surface area (Å²) in [4.78, 5) is 35.8. The Hall–Kier alpha value is -2.87. The van der Waals surface area contributed by atoms with Crippen LogP contribution in [0.3, 0.4) is 0 Å². The Labute approximate surface area is 151 Å². The number of aromatic amines is 1. The number of hydrogen-bond acceptors (Lipinski definition) is 6. The summed E-state index contributed by atoms with van der Waals surface area (Å²) in [5.74, 6) is 0.707. The molecule has 0 saturated carbocycles. The van der Waals surface area contributed by atoms with Crippen molar-refractivity contribution in [2.45, 2.75) is 13.0 Å². The summed E-state index contributed by atoms with van der Waals surface area (Å²) in [6.45, 7) is 6.13. The molecule has 138 valence electrons. The number of anilines is 1. The molecule has 0 atom stereocenters. The quantitative estimate of drug-likeness (QED) is 0.780. The third-order valence-electron chi connectivity index (χ3n) is 4.32. The summed E-state index contributed by atoms with van der Waals surface area (Å²) in [6, 6.07) is 3.35. The van der Waals surface area contributed by atoms with Crippen LogP contribution in [0.5, 0.6) is 0 Å². The Balaban J connectivity index is 1.73. The molecule has 0 aromatic carbocycles. The molecule has 1 fully saturated rings. The molecule has 3 rings (SSSR count). The number of nitrogens with one attached hydrogen (secondary N) is 1. The second kappa shape index (κ2) is 8.01. The summed E-state index contributed by atoms with van der Waals surface area (Å²) in [5, 5.41) is 0. The van der Waals surface area contributed by atoms with E-state index in [2.05, 4.69) is 16.5 Å². The maximum atomic E-state index is 12.4. The summed E-state index contributed by atoms with van der Waals surface area (Å²) < 4.78 is 10.3. The fourth-order valence-corrected chi connectivity index (χ4v) is 2.97. The van der Waals surface area contributed by atoms with Gasteiger partial charge in [-0.2, -0.15) is 0 Å². The lowest BCUT2D eigenvalue weighted by Gasteiger charge is -2.34. The number of H-pyrrole nitrogens is 1. The van der Waals surface area contributed by atoms with Gasteiger partial charge in [0, 0.05) is 38.9 Å². The van der Waals surface area contributed by atoms with Crippen molar-refractivity contribution in [1.82, 2.24) is 14.9 Å². The largest absolute Gasteiger partial charge is 0.459 e. The molecule has 0 radical (unpaired) electrons. The van der Waals surface area contributed by atoms with Crippen LogP contribution in [-0.2, 0) is 17.8 Å². The van der Waals surface area contributed by atoms with Gasteiger partial charge in [-0.3, -0.25) is 14.6 Å². The molecule has 0 aliphatic carbocycles. The molecular weight excluding hydrogens is 336 g/mol. The minimum atomic E-state index is -0.184. The smallest absolute Gasteiger partial charge is 0.289 e. The maximum Gasteiger partial charge on any atom is 0.289 e. The maximum absolute atomic E-state index is 12.4. The molecule has 1 amide bonds. The van der Waals surface area contributed by atoms with Crippen molar-refractivity contribution in [3.05, 3.63) is 58.4 Å². The van der Waals surface area contributed by atoms with Crippen molar-refractivity contribution in [3.63, 3.8) is 0 Å². The summed E-state index contributed by atoms with van der Waals surface area (Å²) in [5.41, 5.74) is 0.994. The average molecular weight is 358 g/mol. The molecule has 1 aliphatic heterocycles. The predicted octanol–water partition coefficient (Wildman–Crippen LogP) is 1.20. The zero-order valence-corrected chi connectivity index (χ0v) is 14.7. The van der Waals surface area contributed by atoms with E-state index in [1.165, 1.54) is 6.26 Å². The number of carbonyl (C=O) groups excluding carboxylic acids is 1. The van der Waals surface area contributed by atoms with Crippen LogP contribution in [0.1, 0.15) is 21.8 Å². The Bertz CT molecular complexity index is 820. The topological polar surface area (TPSA) is 91.7 Å². The van der Waals surface area contributed by atoms with Crippen LogP contribution >= 0.6 is 0 Å². The second-order valence-electron chi connectivity index (χ2n) is 6.00. The molecule has 0 bridgehead atoms. The minimum Gasteiger partial charge on any atom is -0.459 e. The van der Waals surface area contributed by atoms with Gasteiger partial charge in [-0.05, 0) is 18.6 Å². The lowest BCUT2D eigenvalue weighted by Crippen LogP contribution is -2.49. The third kappa shape index (κ3) is 3.70. The summed E-state index contributed by atoms with van der Waals surface area (Å²) in [6.07, 6.45) is 3.59. The van der Waals surface area contributed by atoms with Crippen LogP contribution in [0, 0.1) is 0 Å². The van der Waals surface area contributed by atoms with E-state index in [0.29, 0.717) is 55.6 Å². The molecule has 1 aliphatic rings. The lowest BCUT2D eigenvalue weighted by atomic mass is 10.1. The number of furan rings is 1. The first-order valence-electron chi connectivity index (χ1n) is 8.43. The van der Waals surface area contributed by atoms with Gasteiger partial charge in [0.15, 0.2) is 5.76 Å². The highest BCUT2D eigenvalue weighted by atomic mass is 16.5. The van der Waals surface area contributed by atoms with Crippen molar-refractivity contribution in [3.8, 4) is 0 Å². The Kier molecular flexibility index (Phi) is 5.52. The van der Waals surface area contributed by atoms with Gasteiger partial charge in [0.2, 0.25) is 5.95 Å². The van der Waals surface area contributed by atoms with E-state index >= 15 is 0 Å². The van der Waals surface area contributed by atoms with Gasteiger partial charge in [-0.15, -0.1) is 6.58 Å². The summed E-state index contributed by atoms with van der Waals surface area (Å²) in [7, 11) is 1.57. The number of methoxy groups -OCH3 is 1. The van der Waals surface area contributed by atoms with Crippen molar-refractivity contribution in [2.75, 3.05) is 38.2 Å². The molecule has 1 N–H and O–H groups in total. The van der Waals surface area contributed by atoms with Gasteiger partial charge >= 0.3 is 0 Å². The molecule has 2 aromatic heterocycles. The van der Waals surface area contributed by atoms with Crippen molar-refractivity contribution < 1.29 is 13.9 Å². The van der Waals surface area contributed by atoms with E-state index in [1.807, 2.05) is 4.90 Å². The highest BCUT2D eigenvalue weighted by Crippen LogP contribution is 2.15. The minimum absolute atomic E-state index is 0.127. The van der Waals surface area contributed by atoms with Crippen LogP contribution in [0.2, 0.25) is 0 Å². The van der Waals surface area contributed by atoms with Gasteiger partial charge in [-0.1, -0.05) is 6.08 Å². The van der Waals surface area contributed by atoms with Crippen LogP contribution in [0.25, 0.3) is 0 Å². The Morgan fingerprint density at radius 2 is 2.19 bits per heavy atom. The third-order valence-corrected chi connectivity index (χ3v) is 4.32. The molecule has 0 unspecified atom stereocenters. The zero-order valence-electron chi connectivity index (χ0n) is 14.7. The molecule has 0 spiro atoms. The van der Waals surface area contributed by atoms with Crippen LogP contribution in [0.4, 0.5) is 5.95 Å². The fourth-order valence-electron chi connectivity index (χ4n) is 2.97. The van der Waals surface area contributed by atoms with E-state index in [0.717, 1.165) is 0 Å². The van der Waals surface area contributed by atoms with Crippen LogP contribution < -0.4 is 10.5 Å². The lowest BCUT2D eigenvalue weighted by molar-refractivity contribution is 0.0714. The number of amides is 1. The number of hydrogen-bond donors (Lipinski definition) is 1. The molecule has 3 heterocycles. The second-order valence-corrected chi connectivity index (χ2v) is 6.00. The SMILES string of the molecule is C=CCc1c(COC)nc(N2CCN(C(=O)c3ccco3)CC2)[nH]c1=O. The van der Waals surface area contributed by atoms with E-state index in [4.69, 9.17) is 9.15 Å². The zero-order chi connectivity index (χ0) is 18.5. The number of rotatable bonds is 6. The summed E-state index contributed by atoms with van der Waals surface area (Å²) >= 11 is 0. The molecule has 26 heavy (non-hydrogen) atoms.